The van der Waals surface area contributed by atoms with Crippen molar-refractivity contribution in [1.29, 1.82) is 0 Å². The molecule has 1 saturated heterocycles. The molecule has 0 atom stereocenters. The van der Waals surface area contributed by atoms with Crippen LogP contribution in [0.1, 0.15) is 15.9 Å². The van der Waals surface area contributed by atoms with Gasteiger partial charge in [0.05, 0.1) is 20.6 Å². The fraction of sp³-hybridized carbons (Fsp3) is 0.280. The number of piperazine rings is 1. The van der Waals surface area contributed by atoms with Crippen LogP contribution in [0.2, 0.25) is 0 Å². The summed E-state index contributed by atoms with van der Waals surface area (Å²) in [4.78, 5) is 29.3. The molecular weight excluding hydrogens is 406 g/mol. The van der Waals surface area contributed by atoms with Gasteiger partial charge in [0.25, 0.3) is 5.91 Å². The Hall–Kier alpha value is -3.74. The first-order valence-corrected chi connectivity index (χ1v) is 10.6. The number of methoxy groups -OCH3 is 2. The lowest BCUT2D eigenvalue weighted by atomic mass is 10.1. The summed E-state index contributed by atoms with van der Waals surface area (Å²) < 4.78 is 12.6. The highest BCUT2D eigenvalue weighted by molar-refractivity contribution is 5.94. The third-order valence-electron chi connectivity index (χ3n) is 5.74. The van der Waals surface area contributed by atoms with Crippen molar-refractivity contribution in [3.8, 4) is 17.2 Å². The van der Waals surface area contributed by atoms with Gasteiger partial charge in [0.15, 0.2) is 11.5 Å². The Morgan fingerprint density at radius 3 is 2.06 bits per heavy atom. The zero-order valence-electron chi connectivity index (χ0n) is 18.4. The van der Waals surface area contributed by atoms with Gasteiger partial charge in [0, 0.05) is 49.8 Å². The van der Waals surface area contributed by atoms with E-state index in [4.69, 9.17) is 9.47 Å². The number of aromatic nitrogens is 1. The summed E-state index contributed by atoms with van der Waals surface area (Å²) in [5.74, 6) is 1.28. The van der Waals surface area contributed by atoms with E-state index in [-0.39, 0.29) is 18.2 Å². The standard InChI is InChI=1S/C25H27N3O4/c1-31-22-10-5-19(17-23(22)32-2)18-24(29)27-13-15-28(16-14-27)25(30)20-6-8-21(9-7-20)26-11-3-4-12-26/h3-12,17H,13-16,18H2,1-2H3. The van der Waals surface area contributed by atoms with Crippen LogP contribution < -0.4 is 9.47 Å². The van der Waals surface area contributed by atoms with Crippen molar-refractivity contribution in [1.82, 2.24) is 14.4 Å². The molecule has 1 fully saturated rings. The van der Waals surface area contributed by atoms with Crippen LogP contribution in [-0.4, -0.2) is 66.6 Å². The van der Waals surface area contributed by atoms with Crippen molar-refractivity contribution >= 4 is 11.8 Å². The Morgan fingerprint density at radius 1 is 0.812 bits per heavy atom. The lowest BCUT2D eigenvalue weighted by molar-refractivity contribution is -0.131. The Labute approximate surface area is 187 Å². The second-order valence-corrected chi connectivity index (χ2v) is 7.68. The zero-order chi connectivity index (χ0) is 22.5. The average Bonchev–Trinajstić information content (AvgIpc) is 3.39. The van der Waals surface area contributed by atoms with Crippen LogP contribution in [-0.2, 0) is 11.2 Å². The van der Waals surface area contributed by atoms with Crippen LogP contribution in [0.4, 0.5) is 0 Å². The van der Waals surface area contributed by atoms with Gasteiger partial charge in [0.2, 0.25) is 5.91 Å². The number of carbonyl (C=O) groups is 2. The normalized spacial score (nSPS) is 13.7. The molecule has 166 valence electrons. The summed E-state index contributed by atoms with van der Waals surface area (Å²) in [6.45, 7) is 2.10. The van der Waals surface area contributed by atoms with E-state index in [0.29, 0.717) is 43.2 Å². The molecule has 0 saturated carbocycles. The number of rotatable bonds is 6. The van der Waals surface area contributed by atoms with Crippen molar-refractivity contribution in [2.75, 3.05) is 40.4 Å². The first-order valence-electron chi connectivity index (χ1n) is 10.6. The summed E-state index contributed by atoms with van der Waals surface area (Å²) in [6.07, 6.45) is 4.22. The summed E-state index contributed by atoms with van der Waals surface area (Å²) in [6, 6.07) is 17.0. The molecule has 0 radical (unpaired) electrons. The largest absolute Gasteiger partial charge is 0.493 e. The summed E-state index contributed by atoms with van der Waals surface area (Å²) in [7, 11) is 3.16. The van der Waals surface area contributed by atoms with Crippen molar-refractivity contribution in [2.24, 2.45) is 0 Å². The van der Waals surface area contributed by atoms with Crippen molar-refractivity contribution in [3.63, 3.8) is 0 Å². The first kappa shape index (κ1) is 21.5. The fourth-order valence-corrected chi connectivity index (χ4v) is 3.90. The lowest BCUT2D eigenvalue weighted by Gasteiger charge is -2.35. The Morgan fingerprint density at radius 2 is 1.44 bits per heavy atom. The lowest BCUT2D eigenvalue weighted by Crippen LogP contribution is -2.51. The highest BCUT2D eigenvalue weighted by Gasteiger charge is 2.25. The van der Waals surface area contributed by atoms with Crippen LogP contribution in [0.5, 0.6) is 11.5 Å². The topological polar surface area (TPSA) is 64.0 Å². The third-order valence-corrected chi connectivity index (χ3v) is 5.74. The van der Waals surface area contributed by atoms with E-state index in [1.807, 2.05) is 75.3 Å². The molecule has 7 heteroatoms. The van der Waals surface area contributed by atoms with E-state index in [0.717, 1.165) is 11.3 Å². The van der Waals surface area contributed by atoms with Crippen LogP contribution in [0.15, 0.2) is 67.0 Å². The van der Waals surface area contributed by atoms with Crippen LogP contribution in [0, 0.1) is 0 Å². The first-order chi connectivity index (χ1) is 15.6. The molecule has 1 aliphatic heterocycles. The molecule has 1 aliphatic rings. The summed E-state index contributed by atoms with van der Waals surface area (Å²) >= 11 is 0. The predicted molar refractivity (Wildman–Crippen MR) is 122 cm³/mol. The van der Waals surface area contributed by atoms with Crippen LogP contribution >= 0.6 is 0 Å². The number of hydrogen-bond acceptors (Lipinski definition) is 4. The monoisotopic (exact) mass is 433 g/mol. The minimum absolute atomic E-state index is 0.00366. The van der Waals surface area contributed by atoms with E-state index >= 15 is 0 Å². The Balaban J connectivity index is 1.32. The Bertz CT molecular complexity index is 1070. The number of benzene rings is 2. The Kier molecular flexibility index (Phi) is 6.44. The maximum atomic E-state index is 12.9. The minimum atomic E-state index is -0.00366. The molecular formula is C25H27N3O4. The van der Waals surface area contributed by atoms with E-state index < -0.39 is 0 Å². The van der Waals surface area contributed by atoms with Gasteiger partial charge in [-0.1, -0.05) is 6.07 Å². The van der Waals surface area contributed by atoms with Gasteiger partial charge in [-0.3, -0.25) is 9.59 Å². The molecule has 0 spiro atoms. The molecule has 2 heterocycles. The smallest absolute Gasteiger partial charge is 0.253 e. The zero-order valence-corrected chi connectivity index (χ0v) is 18.4. The fourth-order valence-electron chi connectivity index (χ4n) is 3.90. The van der Waals surface area contributed by atoms with Crippen molar-refractivity contribution in [2.45, 2.75) is 6.42 Å². The second-order valence-electron chi connectivity index (χ2n) is 7.68. The molecule has 2 aromatic carbocycles. The maximum Gasteiger partial charge on any atom is 0.253 e. The number of hydrogen-bond donors (Lipinski definition) is 0. The molecule has 2 amide bonds. The van der Waals surface area contributed by atoms with Gasteiger partial charge in [-0.25, -0.2) is 0 Å². The van der Waals surface area contributed by atoms with Gasteiger partial charge in [-0.15, -0.1) is 0 Å². The predicted octanol–water partition coefficient (Wildman–Crippen LogP) is 3.02. The van der Waals surface area contributed by atoms with E-state index in [2.05, 4.69) is 0 Å². The SMILES string of the molecule is COc1ccc(CC(=O)N2CCN(C(=O)c3ccc(-n4cccc4)cc3)CC2)cc1OC. The molecule has 0 N–H and O–H groups in total. The van der Waals surface area contributed by atoms with Crippen molar-refractivity contribution < 1.29 is 19.1 Å². The molecule has 4 rings (SSSR count). The van der Waals surface area contributed by atoms with Crippen molar-refractivity contribution in [3.05, 3.63) is 78.1 Å². The molecule has 0 unspecified atom stereocenters. The maximum absolute atomic E-state index is 12.9. The molecule has 7 nitrogen and oxygen atoms in total. The summed E-state index contributed by atoms with van der Waals surface area (Å²) in [5.41, 5.74) is 2.54. The van der Waals surface area contributed by atoms with Gasteiger partial charge < -0.3 is 23.8 Å². The second kappa shape index (κ2) is 9.60. The van der Waals surface area contributed by atoms with E-state index in [9.17, 15) is 9.59 Å². The van der Waals surface area contributed by atoms with Gasteiger partial charge in [-0.05, 0) is 54.1 Å². The molecule has 1 aromatic heterocycles. The highest BCUT2D eigenvalue weighted by atomic mass is 16.5. The minimum Gasteiger partial charge on any atom is -0.493 e. The number of carbonyl (C=O) groups excluding carboxylic acids is 2. The molecule has 0 aliphatic carbocycles. The number of ether oxygens (including phenoxy) is 2. The molecule has 32 heavy (non-hydrogen) atoms. The third kappa shape index (κ3) is 4.61. The van der Waals surface area contributed by atoms with Gasteiger partial charge >= 0.3 is 0 Å². The highest BCUT2D eigenvalue weighted by Crippen LogP contribution is 2.28. The van der Waals surface area contributed by atoms with Crippen LogP contribution in [0.3, 0.4) is 0 Å². The number of amides is 2. The van der Waals surface area contributed by atoms with Gasteiger partial charge in [0.1, 0.15) is 0 Å². The quantitative estimate of drug-likeness (QED) is 0.600. The summed E-state index contributed by atoms with van der Waals surface area (Å²) in [5, 5.41) is 0. The van der Waals surface area contributed by atoms with Crippen LogP contribution in [0.25, 0.3) is 5.69 Å². The molecule has 0 bridgehead atoms. The van der Waals surface area contributed by atoms with E-state index in [1.165, 1.54) is 0 Å². The number of nitrogens with zero attached hydrogens (tertiary/aromatic N) is 3. The average molecular weight is 434 g/mol. The van der Waals surface area contributed by atoms with E-state index in [1.54, 1.807) is 20.3 Å². The van der Waals surface area contributed by atoms with Gasteiger partial charge in [-0.2, -0.15) is 0 Å². The molecule has 3 aromatic rings.